The average molecular weight is 220 g/mol. The zero-order valence-corrected chi connectivity index (χ0v) is 9.51. The third kappa shape index (κ3) is 4.77. The van der Waals surface area contributed by atoms with Crippen LogP contribution in [0.3, 0.4) is 0 Å². The average Bonchev–Trinajstić information content (AvgIpc) is 2.03. The maximum Gasteiger partial charge on any atom is 2.00 e. The molecule has 1 aromatic carbocycles. The third-order valence-corrected chi connectivity index (χ3v) is 1.37. The summed E-state index contributed by atoms with van der Waals surface area (Å²) in [6.07, 6.45) is 0. The number of benzene rings is 1. The van der Waals surface area contributed by atoms with Crippen molar-refractivity contribution in [3.8, 4) is 5.75 Å². The fourth-order valence-electron chi connectivity index (χ4n) is 0.887. The fourth-order valence-corrected chi connectivity index (χ4v) is 0.887. The van der Waals surface area contributed by atoms with Crippen molar-refractivity contribution in [1.29, 1.82) is 0 Å². The molecule has 1 N–H and O–H groups in total. The zero-order chi connectivity index (χ0) is 9.84. The van der Waals surface area contributed by atoms with Crippen LogP contribution in [0.1, 0.15) is 17.3 Å². The topological polar surface area (TPSA) is 92.1 Å². The van der Waals surface area contributed by atoms with Crippen molar-refractivity contribution in [3.05, 3.63) is 29.8 Å². The van der Waals surface area contributed by atoms with Gasteiger partial charge in [-0.15, -0.1) is 0 Å². The number of aromatic carboxylic acids is 1. The molecule has 76 valence electrons. The molecular weight excluding hydrogens is 212 g/mol. The van der Waals surface area contributed by atoms with Gasteiger partial charge >= 0.3 is 35.0 Å². The van der Waals surface area contributed by atoms with Crippen molar-refractivity contribution in [2.75, 3.05) is 0 Å². The SMILES string of the molecule is CC(=O)Oc1ccccc1C(=O)O.[Mg+2].[O-2]. The second-order valence-corrected chi connectivity index (χ2v) is 2.39. The molecule has 5 nitrogen and oxygen atoms in total. The van der Waals surface area contributed by atoms with Crippen molar-refractivity contribution in [2.24, 2.45) is 0 Å². The van der Waals surface area contributed by atoms with Gasteiger partial charge in [-0.25, -0.2) is 4.79 Å². The molecule has 0 saturated carbocycles. The predicted molar refractivity (Wildman–Crippen MR) is 51.2 cm³/mol. The first kappa shape index (κ1) is 16.3. The minimum absolute atomic E-state index is 0. The van der Waals surface area contributed by atoms with E-state index in [9.17, 15) is 9.59 Å². The summed E-state index contributed by atoms with van der Waals surface area (Å²) in [6.45, 7) is 1.22. The van der Waals surface area contributed by atoms with Gasteiger partial charge < -0.3 is 15.3 Å². The van der Waals surface area contributed by atoms with Gasteiger partial charge in [0.1, 0.15) is 11.3 Å². The molecule has 0 aliphatic rings. The number of esters is 1. The second kappa shape index (κ2) is 7.21. The number of ether oxygens (including phenoxy) is 1. The predicted octanol–water partition coefficient (Wildman–Crippen LogP) is 0.810. The maximum atomic E-state index is 10.6. The first-order valence-electron chi connectivity index (χ1n) is 3.62. The quantitative estimate of drug-likeness (QED) is 0.453. The number of rotatable bonds is 2. The van der Waals surface area contributed by atoms with E-state index in [1.807, 2.05) is 0 Å². The molecule has 0 aliphatic heterocycles. The largest absolute Gasteiger partial charge is 2.00 e. The molecule has 0 aromatic heterocycles. The van der Waals surface area contributed by atoms with E-state index in [4.69, 9.17) is 5.11 Å². The Hall–Kier alpha value is -1.11. The van der Waals surface area contributed by atoms with E-state index >= 15 is 0 Å². The van der Waals surface area contributed by atoms with Crippen LogP contribution in [0.2, 0.25) is 0 Å². The maximum absolute atomic E-state index is 10.6. The molecule has 15 heavy (non-hydrogen) atoms. The van der Waals surface area contributed by atoms with Crippen LogP contribution >= 0.6 is 0 Å². The number of carbonyl (C=O) groups is 2. The van der Waals surface area contributed by atoms with Gasteiger partial charge in [-0.05, 0) is 12.1 Å². The molecular formula is C9H8MgO5. The van der Waals surface area contributed by atoms with E-state index in [2.05, 4.69) is 4.74 Å². The van der Waals surface area contributed by atoms with Crippen LogP contribution in [-0.2, 0) is 10.3 Å². The minimum Gasteiger partial charge on any atom is -2.00 e. The van der Waals surface area contributed by atoms with Crippen LogP contribution < -0.4 is 4.74 Å². The van der Waals surface area contributed by atoms with E-state index in [1.165, 1.54) is 19.1 Å². The van der Waals surface area contributed by atoms with Gasteiger partial charge in [0.05, 0.1) is 0 Å². The summed E-state index contributed by atoms with van der Waals surface area (Å²) >= 11 is 0. The van der Waals surface area contributed by atoms with Crippen LogP contribution in [0.5, 0.6) is 5.75 Å². The van der Waals surface area contributed by atoms with E-state index < -0.39 is 11.9 Å². The molecule has 0 bridgehead atoms. The van der Waals surface area contributed by atoms with Gasteiger partial charge in [0, 0.05) is 6.92 Å². The summed E-state index contributed by atoms with van der Waals surface area (Å²) in [4.78, 5) is 21.2. The summed E-state index contributed by atoms with van der Waals surface area (Å²) < 4.78 is 4.69. The van der Waals surface area contributed by atoms with Crippen molar-refractivity contribution in [3.63, 3.8) is 0 Å². The normalized spacial score (nSPS) is 8.07. The molecule has 1 rings (SSSR count). The molecule has 0 atom stereocenters. The molecule has 0 spiro atoms. The first-order valence-corrected chi connectivity index (χ1v) is 3.62. The molecule has 0 fully saturated rings. The van der Waals surface area contributed by atoms with Gasteiger partial charge in [-0.3, -0.25) is 4.79 Å². The Morgan fingerprint density at radius 3 is 2.27 bits per heavy atom. The summed E-state index contributed by atoms with van der Waals surface area (Å²) in [7, 11) is 0. The van der Waals surface area contributed by atoms with Gasteiger partial charge in [0.25, 0.3) is 0 Å². The van der Waals surface area contributed by atoms with Crippen molar-refractivity contribution in [1.82, 2.24) is 0 Å². The fraction of sp³-hybridized carbons (Fsp3) is 0.111. The number of carbonyl (C=O) groups excluding carboxylic acids is 1. The Kier molecular flexibility index (Phi) is 7.85. The minimum atomic E-state index is -1.11. The zero-order valence-electron chi connectivity index (χ0n) is 8.10. The summed E-state index contributed by atoms with van der Waals surface area (Å²) in [5.74, 6) is -1.58. The van der Waals surface area contributed by atoms with Gasteiger partial charge in [0.2, 0.25) is 0 Å². The van der Waals surface area contributed by atoms with E-state index in [0.29, 0.717) is 0 Å². The third-order valence-electron chi connectivity index (χ3n) is 1.37. The number of carboxylic acid groups (broad SMARTS) is 1. The Balaban J connectivity index is 0. The Labute approximate surface area is 103 Å². The van der Waals surface area contributed by atoms with E-state index in [0.717, 1.165) is 0 Å². The monoisotopic (exact) mass is 220 g/mol. The molecule has 0 amide bonds. The van der Waals surface area contributed by atoms with E-state index in [-0.39, 0.29) is 39.8 Å². The Morgan fingerprint density at radius 1 is 1.27 bits per heavy atom. The van der Waals surface area contributed by atoms with Crippen LogP contribution in [0.15, 0.2) is 24.3 Å². The molecule has 0 aliphatic carbocycles. The van der Waals surface area contributed by atoms with Crippen molar-refractivity contribution >= 4 is 35.0 Å². The second-order valence-electron chi connectivity index (χ2n) is 2.39. The van der Waals surface area contributed by atoms with Gasteiger partial charge in [-0.1, -0.05) is 12.1 Å². The van der Waals surface area contributed by atoms with Crippen LogP contribution in [0, 0.1) is 0 Å². The van der Waals surface area contributed by atoms with Crippen molar-refractivity contribution in [2.45, 2.75) is 6.92 Å². The number of carboxylic acids is 1. The van der Waals surface area contributed by atoms with Gasteiger partial charge in [-0.2, -0.15) is 0 Å². The summed E-state index contributed by atoms with van der Waals surface area (Å²) in [6, 6.07) is 5.98. The van der Waals surface area contributed by atoms with Crippen LogP contribution in [0.25, 0.3) is 0 Å². The van der Waals surface area contributed by atoms with Crippen molar-refractivity contribution < 1.29 is 24.9 Å². The smallest absolute Gasteiger partial charge is 2.00 e. The van der Waals surface area contributed by atoms with Crippen LogP contribution in [0.4, 0.5) is 0 Å². The van der Waals surface area contributed by atoms with Crippen LogP contribution in [-0.4, -0.2) is 40.1 Å². The van der Waals surface area contributed by atoms with E-state index in [1.54, 1.807) is 12.1 Å². The molecule has 0 saturated heterocycles. The Morgan fingerprint density at radius 2 is 1.80 bits per heavy atom. The van der Waals surface area contributed by atoms with Gasteiger partial charge in [0.15, 0.2) is 0 Å². The molecule has 0 heterocycles. The molecule has 1 aromatic rings. The number of hydrogen-bond acceptors (Lipinski definition) is 3. The summed E-state index contributed by atoms with van der Waals surface area (Å²) in [5.41, 5.74) is -0.0160. The molecule has 0 radical (unpaired) electrons. The molecule has 0 unspecified atom stereocenters. The molecule has 6 heteroatoms. The standard InChI is InChI=1S/C9H8O4.Mg.O/c1-6(10)13-8-5-3-2-4-7(8)9(11)12;;/h2-5H,1H3,(H,11,12);;/q;+2;-2. The number of para-hydroxylation sites is 1. The number of hydrogen-bond donors (Lipinski definition) is 1. The summed E-state index contributed by atoms with van der Waals surface area (Å²) in [5, 5.41) is 8.69. The first-order chi connectivity index (χ1) is 6.11. The Bertz CT molecular complexity index is 350.